The van der Waals surface area contributed by atoms with Crippen molar-refractivity contribution in [3.63, 3.8) is 0 Å². The normalized spacial score (nSPS) is 10.9. The van der Waals surface area contributed by atoms with Gasteiger partial charge in [-0.05, 0) is 48.4 Å². The Morgan fingerprint density at radius 1 is 1.22 bits per heavy atom. The summed E-state index contributed by atoms with van der Waals surface area (Å²) in [5, 5.41) is 13.7. The molecule has 0 fully saturated rings. The summed E-state index contributed by atoms with van der Waals surface area (Å²) in [6.07, 6.45) is 0.606. The smallest absolute Gasteiger partial charge is 0.337 e. The lowest BCUT2D eigenvalue weighted by atomic mass is 10.0. The number of aryl methyl sites for hydroxylation is 1. The number of anilines is 1. The zero-order chi connectivity index (χ0) is 19.4. The number of carboxylic acids is 1. The highest BCUT2D eigenvalue weighted by Crippen LogP contribution is 2.25. The second-order valence-electron chi connectivity index (χ2n) is 6.19. The molecule has 0 bridgehead atoms. The Bertz CT molecular complexity index is 1040. The first kappa shape index (κ1) is 19.0. The fourth-order valence-corrected chi connectivity index (χ4v) is 3.64. The average Bonchev–Trinajstić information content (AvgIpc) is 2.63. The maximum atomic E-state index is 12.4. The van der Waals surface area contributed by atoms with Gasteiger partial charge in [-0.15, -0.1) is 0 Å². The van der Waals surface area contributed by atoms with E-state index in [-0.39, 0.29) is 11.0 Å². The van der Waals surface area contributed by atoms with Crippen LogP contribution in [0.1, 0.15) is 28.4 Å². The van der Waals surface area contributed by atoms with Gasteiger partial charge in [-0.25, -0.2) is 4.79 Å². The zero-order valence-corrected chi connectivity index (χ0v) is 16.1. The minimum absolute atomic E-state index is 0.0404. The van der Waals surface area contributed by atoms with Gasteiger partial charge in [0.05, 0.1) is 10.9 Å². The number of aromatic carboxylic acids is 1. The van der Waals surface area contributed by atoms with Crippen molar-refractivity contribution in [1.82, 2.24) is 0 Å². The molecule has 0 atom stereocenters. The first-order valence-electron chi connectivity index (χ1n) is 8.76. The van der Waals surface area contributed by atoms with Crippen LogP contribution >= 0.6 is 11.8 Å². The van der Waals surface area contributed by atoms with Crippen LogP contribution in [0.4, 0.5) is 5.69 Å². The van der Waals surface area contributed by atoms with Gasteiger partial charge in [0, 0.05) is 18.3 Å². The third-order valence-corrected chi connectivity index (χ3v) is 4.96. The highest BCUT2D eigenvalue weighted by atomic mass is 32.2. The number of hydrogen-bond acceptors (Lipinski definition) is 5. The van der Waals surface area contributed by atoms with E-state index in [1.54, 1.807) is 30.3 Å². The van der Waals surface area contributed by atoms with E-state index in [0.29, 0.717) is 34.7 Å². The summed E-state index contributed by atoms with van der Waals surface area (Å²) in [4.78, 5) is 23.8. The maximum absolute atomic E-state index is 12.4. The van der Waals surface area contributed by atoms with Crippen LogP contribution in [0.5, 0.6) is 0 Å². The molecule has 0 saturated carbocycles. The standard InChI is InChI=1S/C21H21NO4S/c1-3-27-19-12-18(23)16-11-13(2)10-14(20(16)26-19)8-9-22-17-7-5-4-6-15(17)21(24)25/h4-7,10-12,22H,3,8-9H2,1-2H3,(H,24,25). The highest BCUT2D eigenvalue weighted by Gasteiger charge is 2.12. The van der Waals surface area contributed by atoms with Gasteiger partial charge in [0.25, 0.3) is 0 Å². The lowest BCUT2D eigenvalue weighted by Gasteiger charge is -2.11. The SMILES string of the molecule is CCSc1cc(=O)c2cc(C)cc(CCNc3ccccc3C(=O)O)c2o1. The lowest BCUT2D eigenvalue weighted by molar-refractivity contribution is 0.0698. The van der Waals surface area contributed by atoms with Crippen LogP contribution in [0.2, 0.25) is 0 Å². The van der Waals surface area contributed by atoms with E-state index in [0.717, 1.165) is 16.9 Å². The number of nitrogens with one attached hydrogen (secondary N) is 1. The van der Waals surface area contributed by atoms with Crippen molar-refractivity contribution in [2.45, 2.75) is 25.4 Å². The molecular formula is C21H21NO4S. The molecule has 0 spiro atoms. The van der Waals surface area contributed by atoms with E-state index in [4.69, 9.17) is 4.42 Å². The summed E-state index contributed by atoms with van der Waals surface area (Å²) in [6, 6.07) is 12.2. The Hall–Kier alpha value is -2.73. The minimum atomic E-state index is -0.966. The maximum Gasteiger partial charge on any atom is 0.337 e. The molecule has 0 aliphatic rings. The second-order valence-corrected chi connectivity index (χ2v) is 7.46. The van der Waals surface area contributed by atoms with Gasteiger partial charge in [0.15, 0.2) is 10.5 Å². The van der Waals surface area contributed by atoms with Crippen molar-refractivity contribution in [2.75, 3.05) is 17.6 Å². The summed E-state index contributed by atoms with van der Waals surface area (Å²) in [6.45, 7) is 4.48. The summed E-state index contributed by atoms with van der Waals surface area (Å²) >= 11 is 1.50. The molecule has 3 rings (SSSR count). The molecule has 0 radical (unpaired) electrons. The number of thioether (sulfide) groups is 1. The molecule has 0 unspecified atom stereocenters. The number of rotatable bonds is 7. The van der Waals surface area contributed by atoms with Crippen molar-refractivity contribution in [1.29, 1.82) is 0 Å². The monoisotopic (exact) mass is 383 g/mol. The third-order valence-electron chi connectivity index (χ3n) is 4.18. The van der Waals surface area contributed by atoms with E-state index < -0.39 is 5.97 Å². The van der Waals surface area contributed by atoms with E-state index in [1.165, 1.54) is 11.8 Å². The summed E-state index contributed by atoms with van der Waals surface area (Å²) in [7, 11) is 0. The quantitative estimate of drug-likeness (QED) is 0.582. The number of carbonyl (C=O) groups is 1. The summed E-state index contributed by atoms with van der Waals surface area (Å²) in [5.74, 6) is -0.144. The molecule has 5 nitrogen and oxygen atoms in total. The molecule has 27 heavy (non-hydrogen) atoms. The van der Waals surface area contributed by atoms with Gasteiger partial charge in [0.2, 0.25) is 0 Å². The van der Waals surface area contributed by atoms with Crippen LogP contribution in [0.3, 0.4) is 0 Å². The van der Waals surface area contributed by atoms with Gasteiger partial charge >= 0.3 is 5.97 Å². The molecule has 140 valence electrons. The second kappa shape index (κ2) is 8.31. The van der Waals surface area contributed by atoms with E-state index in [1.807, 2.05) is 26.0 Å². The van der Waals surface area contributed by atoms with Crippen LogP contribution in [-0.4, -0.2) is 23.4 Å². The van der Waals surface area contributed by atoms with Crippen molar-refractivity contribution < 1.29 is 14.3 Å². The molecule has 2 aromatic carbocycles. The lowest BCUT2D eigenvalue weighted by Crippen LogP contribution is -2.10. The first-order chi connectivity index (χ1) is 13.0. The van der Waals surface area contributed by atoms with Crippen molar-refractivity contribution >= 4 is 34.4 Å². The topological polar surface area (TPSA) is 79.5 Å². The molecule has 1 aromatic heterocycles. The number of para-hydroxylation sites is 1. The molecular weight excluding hydrogens is 362 g/mol. The predicted octanol–water partition coefficient (Wildman–Crippen LogP) is 4.57. The Labute approximate surface area is 161 Å². The van der Waals surface area contributed by atoms with E-state index >= 15 is 0 Å². The molecule has 1 heterocycles. The van der Waals surface area contributed by atoms with Crippen LogP contribution in [0.15, 0.2) is 56.8 Å². The van der Waals surface area contributed by atoms with Crippen molar-refractivity contribution in [2.24, 2.45) is 0 Å². The van der Waals surface area contributed by atoms with Crippen LogP contribution in [0.25, 0.3) is 11.0 Å². The third kappa shape index (κ3) is 4.34. The molecule has 0 saturated heterocycles. The number of benzene rings is 2. The van der Waals surface area contributed by atoms with Gasteiger partial charge in [-0.3, -0.25) is 4.79 Å². The van der Waals surface area contributed by atoms with Crippen molar-refractivity contribution in [3.8, 4) is 0 Å². The zero-order valence-electron chi connectivity index (χ0n) is 15.2. The van der Waals surface area contributed by atoms with E-state index in [9.17, 15) is 14.7 Å². The molecule has 6 heteroatoms. The number of hydrogen-bond donors (Lipinski definition) is 2. The van der Waals surface area contributed by atoms with E-state index in [2.05, 4.69) is 5.32 Å². The van der Waals surface area contributed by atoms with Gasteiger partial charge in [-0.2, -0.15) is 0 Å². The fraction of sp³-hybridized carbons (Fsp3) is 0.238. The number of fused-ring (bicyclic) bond motifs is 1. The Morgan fingerprint density at radius 3 is 2.74 bits per heavy atom. The molecule has 3 aromatic rings. The van der Waals surface area contributed by atoms with Crippen LogP contribution < -0.4 is 10.7 Å². The molecule has 2 N–H and O–H groups in total. The fourth-order valence-electron chi connectivity index (χ4n) is 3.02. The largest absolute Gasteiger partial charge is 0.478 e. The van der Waals surface area contributed by atoms with Crippen LogP contribution in [0, 0.1) is 6.92 Å². The summed E-state index contributed by atoms with van der Waals surface area (Å²) < 4.78 is 5.97. The average molecular weight is 383 g/mol. The molecule has 0 aliphatic heterocycles. The van der Waals surface area contributed by atoms with Gasteiger partial charge in [0.1, 0.15) is 5.58 Å². The van der Waals surface area contributed by atoms with Gasteiger partial charge in [-0.1, -0.05) is 36.9 Å². The van der Waals surface area contributed by atoms with Crippen molar-refractivity contribution in [3.05, 3.63) is 69.4 Å². The Balaban J connectivity index is 1.88. The molecule has 0 amide bonds. The Kier molecular flexibility index (Phi) is 5.86. The predicted molar refractivity (Wildman–Crippen MR) is 109 cm³/mol. The molecule has 0 aliphatic carbocycles. The Morgan fingerprint density at radius 2 is 2.00 bits per heavy atom. The highest BCUT2D eigenvalue weighted by molar-refractivity contribution is 7.99. The van der Waals surface area contributed by atoms with Crippen LogP contribution in [-0.2, 0) is 6.42 Å². The van der Waals surface area contributed by atoms with Gasteiger partial charge < -0.3 is 14.8 Å². The number of carboxylic acid groups (broad SMARTS) is 1. The minimum Gasteiger partial charge on any atom is -0.478 e. The first-order valence-corrected chi connectivity index (χ1v) is 9.74. The summed E-state index contributed by atoms with van der Waals surface area (Å²) in [5.41, 5.74) is 3.30.